The molecule has 0 aromatic carbocycles. The van der Waals surface area contributed by atoms with Crippen molar-refractivity contribution in [3.05, 3.63) is 0 Å². The summed E-state index contributed by atoms with van der Waals surface area (Å²) in [4.78, 5) is 0. The molecule has 0 fully saturated rings. The SMILES string of the molecule is CC(C)CCOC(O)C(O)CCO. The second-order valence-corrected chi connectivity index (χ2v) is 3.52. The van der Waals surface area contributed by atoms with Crippen LogP contribution in [0.25, 0.3) is 0 Å². The summed E-state index contributed by atoms with van der Waals surface area (Å²) in [6.07, 6.45) is -1.17. The van der Waals surface area contributed by atoms with E-state index in [2.05, 4.69) is 13.8 Å². The van der Waals surface area contributed by atoms with Gasteiger partial charge in [0.25, 0.3) is 0 Å². The highest BCUT2D eigenvalue weighted by atomic mass is 16.6. The molecule has 0 bridgehead atoms. The lowest BCUT2D eigenvalue weighted by Gasteiger charge is -2.17. The van der Waals surface area contributed by atoms with Crippen molar-refractivity contribution < 1.29 is 20.1 Å². The zero-order chi connectivity index (χ0) is 10.3. The summed E-state index contributed by atoms with van der Waals surface area (Å²) in [6.45, 7) is 4.40. The molecule has 2 atom stereocenters. The average molecular weight is 192 g/mol. The molecule has 0 spiro atoms. The Morgan fingerprint density at radius 3 is 2.23 bits per heavy atom. The van der Waals surface area contributed by atoms with Gasteiger partial charge in [0.2, 0.25) is 0 Å². The predicted molar refractivity (Wildman–Crippen MR) is 49.1 cm³/mol. The van der Waals surface area contributed by atoms with Gasteiger partial charge in [-0.1, -0.05) is 13.8 Å². The fourth-order valence-electron chi connectivity index (χ4n) is 0.810. The van der Waals surface area contributed by atoms with Crippen LogP contribution in [0.5, 0.6) is 0 Å². The smallest absolute Gasteiger partial charge is 0.180 e. The van der Waals surface area contributed by atoms with Gasteiger partial charge in [0.05, 0.1) is 6.61 Å². The Bertz CT molecular complexity index is 116. The highest BCUT2D eigenvalue weighted by Crippen LogP contribution is 2.04. The Morgan fingerprint density at radius 1 is 1.15 bits per heavy atom. The molecule has 0 aliphatic carbocycles. The molecule has 0 aliphatic heterocycles. The molecule has 0 radical (unpaired) electrons. The zero-order valence-electron chi connectivity index (χ0n) is 8.31. The Hall–Kier alpha value is -0.160. The summed E-state index contributed by atoms with van der Waals surface area (Å²) in [5.74, 6) is 0.516. The maximum absolute atomic E-state index is 9.18. The highest BCUT2D eigenvalue weighted by molar-refractivity contribution is 4.57. The molecule has 0 heterocycles. The lowest BCUT2D eigenvalue weighted by molar-refractivity contribution is -0.166. The standard InChI is InChI=1S/C9H20O4/c1-7(2)4-6-13-9(12)8(11)3-5-10/h7-12H,3-6H2,1-2H3. The second kappa shape index (κ2) is 7.26. The first-order valence-corrected chi connectivity index (χ1v) is 4.66. The van der Waals surface area contributed by atoms with Crippen LogP contribution in [0, 0.1) is 5.92 Å². The van der Waals surface area contributed by atoms with Gasteiger partial charge in [-0.05, 0) is 12.3 Å². The minimum absolute atomic E-state index is 0.142. The van der Waals surface area contributed by atoms with E-state index in [0.29, 0.717) is 12.5 Å². The van der Waals surface area contributed by atoms with Gasteiger partial charge in [-0.15, -0.1) is 0 Å². The normalized spacial score (nSPS) is 16.2. The van der Waals surface area contributed by atoms with E-state index in [9.17, 15) is 5.11 Å². The Kier molecular flexibility index (Phi) is 7.17. The van der Waals surface area contributed by atoms with Gasteiger partial charge in [0.1, 0.15) is 6.10 Å². The van der Waals surface area contributed by atoms with Gasteiger partial charge in [-0.25, -0.2) is 0 Å². The third-order valence-corrected chi connectivity index (χ3v) is 1.74. The molecule has 4 nitrogen and oxygen atoms in total. The van der Waals surface area contributed by atoms with Gasteiger partial charge in [-0.3, -0.25) is 0 Å². The molecule has 0 aromatic rings. The molecular weight excluding hydrogens is 172 g/mol. The van der Waals surface area contributed by atoms with Crippen molar-refractivity contribution in [1.29, 1.82) is 0 Å². The van der Waals surface area contributed by atoms with Crippen LogP contribution >= 0.6 is 0 Å². The molecule has 0 aromatic heterocycles. The van der Waals surface area contributed by atoms with Crippen molar-refractivity contribution in [3.8, 4) is 0 Å². The first-order chi connectivity index (χ1) is 6.07. The van der Waals surface area contributed by atoms with E-state index in [4.69, 9.17) is 14.9 Å². The van der Waals surface area contributed by atoms with Crippen LogP contribution in [0.3, 0.4) is 0 Å². The Balaban J connectivity index is 3.43. The topological polar surface area (TPSA) is 69.9 Å². The van der Waals surface area contributed by atoms with Crippen molar-refractivity contribution in [2.24, 2.45) is 5.92 Å². The van der Waals surface area contributed by atoms with Gasteiger partial charge in [-0.2, -0.15) is 0 Å². The molecule has 0 aliphatic rings. The van der Waals surface area contributed by atoms with Crippen LogP contribution in [-0.2, 0) is 4.74 Å². The summed E-state index contributed by atoms with van der Waals surface area (Å²) in [6, 6.07) is 0. The lowest BCUT2D eigenvalue weighted by atomic mass is 10.1. The first-order valence-electron chi connectivity index (χ1n) is 4.66. The average Bonchev–Trinajstić information content (AvgIpc) is 2.04. The maximum atomic E-state index is 9.18. The molecule has 2 unspecified atom stereocenters. The molecule has 0 saturated carbocycles. The quantitative estimate of drug-likeness (QED) is 0.501. The predicted octanol–water partition coefficient (Wildman–Crippen LogP) is 0.111. The van der Waals surface area contributed by atoms with Crippen LogP contribution in [0.2, 0.25) is 0 Å². The van der Waals surface area contributed by atoms with E-state index in [1.54, 1.807) is 0 Å². The zero-order valence-corrected chi connectivity index (χ0v) is 8.31. The van der Waals surface area contributed by atoms with E-state index in [-0.39, 0.29) is 13.0 Å². The summed E-state index contributed by atoms with van der Waals surface area (Å²) >= 11 is 0. The summed E-state index contributed by atoms with van der Waals surface area (Å²) < 4.78 is 4.96. The van der Waals surface area contributed by atoms with Crippen molar-refractivity contribution in [2.45, 2.75) is 39.1 Å². The third-order valence-electron chi connectivity index (χ3n) is 1.74. The van der Waals surface area contributed by atoms with E-state index >= 15 is 0 Å². The van der Waals surface area contributed by atoms with Crippen molar-refractivity contribution in [2.75, 3.05) is 13.2 Å². The minimum Gasteiger partial charge on any atom is -0.396 e. The number of ether oxygens (including phenoxy) is 1. The Morgan fingerprint density at radius 2 is 1.77 bits per heavy atom. The van der Waals surface area contributed by atoms with Crippen LogP contribution in [-0.4, -0.2) is 40.9 Å². The van der Waals surface area contributed by atoms with Crippen LogP contribution in [0.4, 0.5) is 0 Å². The van der Waals surface area contributed by atoms with E-state index in [1.165, 1.54) is 0 Å². The molecule has 80 valence electrons. The summed E-state index contributed by atoms with van der Waals surface area (Å²) in [7, 11) is 0. The molecule has 0 rings (SSSR count). The number of aliphatic hydroxyl groups is 3. The van der Waals surface area contributed by atoms with E-state index in [1.807, 2.05) is 0 Å². The van der Waals surface area contributed by atoms with Gasteiger partial charge in [0, 0.05) is 13.0 Å². The van der Waals surface area contributed by atoms with Crippen molar-refractivity contribution >= 4 is 0 Å². The molecular formula is C9H20O4. The van der Waals surface area contributed by atoms with E-state index < -0.39 is 12.4 Å². The largest absolute Gasteiger partial charge is 0.396 e. The third kappa shape index (κ3) is 6.95. The van der Waals surface area contributed by atoms with Crippen LogP contribution in [0.15, 0.2) is 0 Å². The van der Waals surface area contributed by atoms with Gasteiger partial charge < -0.3 is 20.1 Å². The Labute approximate surface area is 79.2 Å². The number of hydrogen-bond acceptors (Lipinski definition) is 4. The molecule has 13 heavy (non-hydrogen) atoms. The van der Waals surface area contributed by atoms with Gasteiger partial charge >= 0.3 is 0 Å². The monoisotopic (exact) mass is 192 g/mol. The van der Waals surface area contributed by atoms with Crippen molar-refractivity contribution in [3.63, 3.8) is 0 Å². The molecule has 3 N–H and O–H groups in total. The summed E-state index contributed by atoms with van der Waals surface area (Å²) in [5, 5.41) is 26.8. The number of hydrogen-bond donors (Lipinski definition) is 3. The molecule has 0 amide bonds. The van der Waals surface area contributed by atoms with E-state index in [0.717, 1.165) is 6.42 Å². The first kappa shape index (κ1) is 12.8. The van der Waals surface area contributed by atoms with Crippen LogP contribution in [0.1, 0.15) is 26.7 Å². The summed E-state index contributed by atoms with van der Waals surface area (Å²) in [5.41, 5.74) is 0. The molecule has 0 saturated heterocycles. The number of aliphatic hydroxyl groups excluding tert-OH is 3. The van der Waals surface area contributed by atoms with Crippen molar-refractivity contribution in [1.82, 2.24) is 0 Å². The fraction of sp³-hybridized carbons (Fsp3) is 1.00. The lowest BCUT2D eigenvalue weighted by Crippen LogP contribution is -2.30. The number of rotatable bonds is 7. The second-order valence-electron chi connectivity index (χ2n) is 3.52. The molecule has 4 heteroatoms. The highest BCUT2D eigenvalue weighted by Gasteiger charge is 2.15. The fourth-order valence-corrected chi connectivity index (χ4v) is 0.810. The van der Waals surface area contributed by atoms with Gasteiger partial charge in [0.15, 0.2) is 6.29 Å². The maximum Gasteiger partial charge on any atom is 0.180 e. The van der Waals surface area contributed by atoms with Crippen LogP contribution < -0.4 is 0 Å². The minimum atomic E-state index is -1.18.